The molecule has 15 heteroatoms. The second kappa shape index (κ2) is 33.7. The largest absolute Gasteiger partial charge is 0.508 e. The minimum Gasteiger partial charge on any atom is -0.508 e. The van der Waals surface area contributed by atoms with Crippen LogP contribution in [-0.4, -0.2) is 101 Å². The molecule has 13 atom stereocenters. The molecule has 0 bridgehead atoms. The second-order valence-electron chi connectivity index (χ2n) is 28.7. The summed E-state index contributed by atoms with van der Waals surface area (Å²) < 4.78 is 12.1. The van der Waals surface area contributed by atoms with Crippen LogP contribution in [0.25, 0.3) is 0 Å². The SMILES string of the molecule is CC(/C=C/[C@@]1(C)[C@H](C)CCC(=O)[C@@H]1C)=C\Cc1c(O)cc(C)c(C=O)c1O.CC[C@@H](C(=O)[C@@H](C)[C@@H](O)[C@H](C)CCc1ccc(C)c(O)c1C(=O)O)[C@H]1C[C@](CC)([C@@]2(C)CC[C@](O)(CC)[C@H](C)O2)C[C@@H]1C.COc1cc(CCc2ccccc2)c(C(=O)O)c(O)c1CC=C(C)C. The highest BCUT2D eigenvalue weighted by atomic mass is 16.5. The molecule has 15 nitrogen and oxygen atoms in total. The van der Waals surface area contributed by atoms with E-state index >= 15 is 0 Å². The van der Waals surface area contributed by atoms with Gasteiger partial charge in [0.05, 0.1) is 36.1 Å². The predicted molar refractivity (Wildman–Crippen MR) is 375 cm³/mol. The third-order valence-corrected chi connectivity index (χ3v) is 22.6. The van der Waals surface area contributed by atoms with Crippen molar-refractivity contribution in [1.29, 1.82) is 0 Å². The number of aliphatic hydroxyl groups excluding tert-OH is 1. The number of phenols is 4. The fourth-order valence-electron chi connectivity index (χ4n) is 15.2. The molecule has 0 amide bonds. The number of Topliss-reactive ketones (excluding diaryl/α,β-unsaturated/α-hetero) is 2. The first-order valence-electron chi connectivity index (χ1n) is 34.4. The number of aliphatic hydroxyl groups is 2. The summed E-state index contributed by atoms with van der Waals surface area (Å²) in [4.78, 5) is 60.9. The van der Waals surface area contributed by atoms with Crippen molar-refractivity contribution in [1.82, 2.24) is 0 Å². The quantitative estimate of drug-likeness (QED) is 0.0174. The van der Waals surface area contributed by atoms with Gasteiger partial charge in [0.2, 0.25) is 0 Å². The fraction of sp³-hybridized carbons (Fsp3) is 0.562. The smallest absolute Gasteiger partial charge is 0.339 e. The molecular weight excluding hydrogens is 1200 g/mol. The Labute approximate surface area is 565 Å². The Kier molecular flexibility index (Phi) is 27.9. The number of aryl methyl sites for hydroxylation is 5. The Hall–Kier alpha value is -7.07. The first kappa shape index (κ1) is 78.6. The Bertz CT molecular complexity index is 3430. The van der Waals surface area contributed by atoms with Gasteiger partial charge in [0.25, 0.3) is 0 Å². The summed E-state index contributed by atoms with van der Waals surface area (Å²) in [5.74, 6) is -1.95. The molecule has 3 fully saturated rings. The third kappa shape index (κ3) is 18.1. The van der Waals surface area contributed by atoms with Crippen LogP contribution < -0.4 is 4.74 Å². The maximum Gasteiger partial charge on any atom is 0.339 e. The van der Waals surface area contributed by atoms with E-state index in [0.717, 1.165) is 55.2 Å². The number of carboxylic acids is 2. The highest BCUT2D eigenvalue weighted by Gasteiger charge is 2.59. The minimum atomic E-state index is -1.17. The molecule has 0 radical (unpaired) electrons. The Morgan fingerprint density at radius 2 is 1.40 bits per heavy atom. The van der Waals surface area contributed by atoms with Gasteiger partial charge >= 0.3 is 11.9 Å². The number of benzene rings is 4. The van der Waals surface area contributed by atoms with Gasteiger partial charge in [0.15, 0.2) is 6.29 Å². The van der Waals surface area contributed by atoms with Gasteiger partial charge in [-0.1, -0.05) is 140 Å². The summed E-state index contributed by atoms with van der Waals surface area (Å²) in [5.41, 5.74) is 4.85. The van der Waals surface area contributed by atoms with Crippen molar-refractivity contribution >= 4 is 29.8 Å². The number of aldehydes is 1. The van der Waals surface area contributed by atoms with Gasteiger partial charge in [-0.2, -0.15) is 0 Å². The molecule has 1 heterocycles. The maximum absolute atomic E-state index is 14.0. The monoisotopic (exact) mass is 1310 g/mol. The number of ketones is 2. The number of rotatable bonds is 25. The maximum atomic E-state index is 14.0. The number of hydrogen-bond acceptors (Lipinski definition) is 13. The second-order valence-corrected chi connectivity index (χ2v) is 28.7. The number of carboxylic acid groups (broad SMARTS) is 2. The van der Waals surface area contributed by atoms with Gasteiger partial charge < -0.3 is 50.3 Å². The molecule has 4 aromatic carbocycles. The van der Waals surface area contributed by atoms with Crippen LogP contribution in [-0.2, 0) is 46.4 Å². The lowest BCUT2D eigenvalue weighted by Gasteiger charge is -2.54. The summed E-state index contributed by atoms with van der Waals surface area (Å²) >= 11 is 0. The first-order valence-corrected chi connectivity index (χ1v) is 34.4. The molecule has 0 unspecified atom stereocenters. The highest BCUT2D eigenvalue weighted by molar-refractivity contribution is 5.94. The number of allylic oxidation sites excluding steroid dienone is 6. The van der Waals surface area contributed by atoms with Gasteiger partial charge in [-0.05, 0) is 213 Å². The van der Waals surface area contributed by atoms with Gasteiger partial charge in [0, 0.05) is 35.3 Å². The number of aromatic hydroxyl groups is 4. The first-order chi connectivity index (χ1) is 44.6. The van der Waals surface area contributed by atoms with Crippen LogP contribution in [0, 0.1) is 66.1 Å². The number of carbonyl (C=O) groups excluding carboxylic acids is 3. The molecular formula is C80H112O15. The molecule has 95 heavy (non-hydrogen) atoms. The summed E-state index contributed by atoms with van der Waals surface area (Å²) in [6, 6.07) is 16.5. The van der Waals surface area contributed by atoms with Gasteiger partial charge in [-0.3, -0.25) is 14.4 Å². The summed E-state index contributed by atoms with van der Waals surface area (Å²) in [5, 5.41) is 82.9. The molecule has 2 saturated carbocycles. The molecule has 1 saturated heterocycles. The lowest BCUT2D eigenvalue weighted by molar-refractivity contribution is -0.248. The summed E-state index contributed by atoms with van der Waals surface area (Å²) in [6.07, 6.45) is 17.6. The molecule has 2 aliphatic carbocycles. The molecule has 1 aliphatic heterocycles. The summed E-state index contributed by atoms with van der Waals surface area (Å²) in [7, 11) is 1.53. The van der Waals surface area contributed by atoms with Crippen LogP contribution in [0.15, 0.2) is 90.0 Å². The average molecular weight is 1310 g/mol. The topological polar surface area (TPSA) is 266 Å². The zero-order valence-corrected chi connectivity index (χ0v) is 59.8. The Morgan fingerprint density at radius 1 is 0.768 bits per heavy atom. The average Bonchev–Trinajstić information content (AvgIpc) is 1.63. The highest BCUT2D eigenvalue weighted by Crippen LogP contribution is 2.61. The van der Waals surface area contributed by atoms with Crippen LogP contribution in [0.4, 0.5) is 0 Å². The van der Waals surface area contributed by atoms with Crippen molar-refractivity contribution in [3.05, 3.63) is 146 Å². The molecule has 7 rings (SSSR count). The van der Waals surface area contributed by atoms with Crippen LogP contribution in [0.3, 0.4) is 0 Å². The molecule has 522 valence electrons. The van der Waals surface area contributed by atoms with E-state index in [0.29, 0.717) is 121 Å². The molecule has 3 aliphatic rings. The Balaban J connectivity index is 0.000000272. The van der Waals surface area contributed by atoms with Crippen molar-refractivity contribution in [3.8, 4) is 28.7 Å². The third-order valence-electron chi connectivity index (χ3n) is 22.6. The van der Waals surface area contributed by atoms with E-state index in [-0.39, 0.29) is 91.7 Å². The molecule has 0 aromatic heterocycles. The van der Waals surface area contributed by atoms with E-state index in [9.17, 15) is 64.8 Å². The van der Waals surface area contributed by atoms with Crippen molar-refractivity contribution in [2.75, 3.05) is 7.11 Å². The van der Waals surface area contributed by atoms with Gasteiger partial charge in [-0.15, -0.1) is 0 Å². The normalized spacial score (nSPS) is 25.7. The van der Waals surface area contributed by atoms with Gasteiger partial charge in [-0.25, -0.2) is 9.59 Å². The molecule has 8 N–H and O–H groups in total. The fourth-order valence-corrected chi connectivity index (χ4v) is 15.2. The Morgan fingerprint density at radius 3 is 1.97 bits per heavy atom. The molecule has 4 aromatic rings. The number of ether oxygens (including phenoxy) is 2. The molecule has 0 spiro atoms. The van der Waals surface area contributed by atoms with Crippen LogP contribution in [0.1, 0.15) is 231 Å². The zero-order chi connectivity index (χ0) is 71.2. The number of carbonyl (C=O) groups is 5. The van der Waals surface area contributed by atoms with E-state index in [2.05, 4.69) is 47.6 Å². The minimum absolute atomic E-state index is 0.00867. The standard InChI is InChI=1S/C36H58O7.C23H30O4.C21H24O4/c1-10-27(28-20-35(11-2,19-23(28)6)34(9)17-18-36(42,12-3)25(8)43-34)32(39)24(7)30(37)21(4)13-15-26-16-14-22(5)31(38)29(26)33(40)41;1-14(10-11-23(5)16(3)7-9-20(25)17(23)4)6-8-18-21(26)12-15(2)19(13-24)22(18)27;1-14(2)9-12-17-18(25-3)13-16(19(20(17)22)21(23)24)11-10-15-7-5-4-6-8-15/h14,16,21,23-25,27-28,30,37-38,42H,10-13,15,17-20H2,1-9H3,(H,40,41);6,10-13,16-17,26-27H,7-9H2,1-5H3;4-9,13,22H,10-12H2,1-3H3,(H,23,24)/b;11-10+,14-6+;/t21-,23+,24+,25+,27-,28+,30+,34-,35-,36-;16-,17+,23+;/m11./s1. The van der Waals surface area contributed by atoms with Crippen LogP contribution in [0.5, 0.6) is 28.7 Å². The number of methoxy groups -OCH3 is 1. The van der Waals surface area contributed by atoms with Crippen molar-refractivity contribution in [3.63, 3.8) is 0 Å². The summed E-state index contributed by atoms with van der Waals surface area (Å²) in [6.45, 7) is 32.1. The van der Waals surface area contributed by atoms with Crippen molar-refractivity contribution < 1.29 is 74.3 Å². The predicted octanol–water partition coefficient (Wildman–Crippen LogP) is 16.4. The van der Waals surface area contributed by atoms with Crippen LogP contribution >= 0.6 is 0 Å². The van der Waals surface area contributed by atoms with E-state index in [1.807, 2.05) is 104 Å². The van der Waals surface area contributed by atoms with Gasteiger partial charge in [0.1, 0.15) is 51.4 Å². The van der Waals surface area contributed by atoms with E-state index in [1.165, 1.54) is 13.2 Å². The van der Waals surface area contributed by atoms with E-state index in [4.69, 9.17) is 9.47 Å². The zero-order valence-electron chi connectivity index (χ0n) is 59.8. The van der Waals surface area contributed by atoms with E-state index in [1.54, 1.807) is 32.0 Å². The van der Waals surface area contributed by atoms with E-state index < -0.39 is 29.6 Å². The number of hydrogen-bond donors (Lipinski definition) is 8. The lowest BCUT2D eigenvalue weighted by atomic mass is 9.61. The lowest BCUT2D eigenvalue weighted by Crippen LogP contribution is -2.58. The van der Waals surface area contributed by atoms with Crippen molar-refractivity contribution in [2.24, 2.45) is 52.3 Å². The van der Waals surface area contributed by atoms with Crippen LogP contribution in [0.2, 0.25) is 0 Å². The van der Waals surface area contributed by atoms with Crippen molar-refractivity contribution in [2.45, 2.75) is 231 Å². The number of aromatic carboxylic acids is 2. The number of phenolic OH excluding ortho intramolecular Hbond substituents is 2.